The van der Waals surface area contributed by atoms with Gasteiger partial charge in [-0.1, -0.05) is 20.8 Å². The molecule has 1 heterocycles. The average Bonchev–Trinajstić information content (AvgIpc) is 2.37. The third-order valence-electron chi connectivity index (χ3n) is 4.44. The number of non-ortho nitro benzene ring substituents is 1. The lowest BCUT2D eigenvalue weighted by molar-refractivity contribution is -0.385. The normalized spacial score (nSPS) is 15.0. The van der Waals surface area contributed by atoms with Crippen LogP contribution in [-0.2, 0) is 11.2 Å². The van der Waals surface area contributed by atoms with Gasteiger partial charge in [-0.25, -0.2) is 0 Å². The van der Waals surface area contributed by atoms with Crippen molar-refractivity contribution in [1.82, 2.24) is 0 Å². The second kappa shape index (κ2) is 5.39. The second-order valence-corrected chi connectivity index (χ2v) is 11.9. The number of nitrogens with zero attached hydrogens (tertiary/aromatic N) is 1. The zero-order valence-electron chi connectivity index (χ0n) is 13.6. The van der Waals surface area contributed by atoms with Crippen LogP contribution in [0.4, 0.5) is 11.4 Å². The van der Waals surface area contributed by atoms with Crippen molar-refractivity contribution in [2.75, 3.05) is 5.32 Å². The molecule has 1 aliphatic rings. The number of hydrogen-bond acceptors (Lipinski definition) is 4. The molecule has 0 spiro atoms. The van der Waals surface area contributed by atoms with E-state index < -0.39 is 13.2 Å². The molecule has 120 valence electrons. The number of benzene rings is 1. The standard InChI is InChI=1S/C15H22N2O4Si/c1-15(2,3)22(4,5)21-12-9-11(17(19)20)8-10-6-7-13(18)16-14(10)12/h8-9H,6-7H2,1-5H3,(H,16,18). The molecule has 0 unspecified atom stereocenters. The third kappa shape index (κ3) is 3.14. The minimum Gasteiger partial charge on any atom is -0.542 e. The van der Waals surface area contributed by atoms with Crippen LogP contribution in [0.15, 0.2) is 12.1 Å². The Bertz CT molecular complexity index is 635. The molecule has 1 N–H and O–H groups in total. The van der Waals surface area contributed by atoms with Gasteiger partial charge in [0.1, 0.15) is 5.75 Å². The van der Waals surface area contributed by atoms with E-state index >= 15 is 0 Å². The first kappa shape index (κ1) is 16.5. The molecular formula is C15H22N2O4Si. The van der Waals surface area contributed by atoms with E-state index in [1.807, 2.05) is 0 Å². The summed E-state index contributed by atoms with van der Waals surface area (Å²) in [6.07, 6.45) is 0.838. The molecule has 0 bridgehead atoms. The van der Waals surface area contributed by atoms with Crippen LogP contribution in [0.5, 0.6) is 5.75 Å². The number of nitro benzene ring substituents is 1. The van der Waals surface area contributed by atoms with E-state index in [0.717, 1.165) is 5.56 Å². The molecule has 22 heavy (non-hydrogen) atoms. The van der Waals surface area contributed by atoms with E-state index in [-0.39, 0.29) is 16.6 Å². The first-order chi connectivity index (χ1) is 10.0. The Morgan fingerprint density at radius 1 is 1.27 bits per heavy atom. The maximum Gasteiger partial charge on any atom is 0.273 e. The van der Waals surface area contributed by atoms with E-state index in [2.05, 4.69) is 39.2 Å². The molecule has 7 heteroatoms. The van der Waals surface area contributed by atoms with E-state index in [4.69, 9.17) is 4.43 Å². The Morgan fingerprint density at radius 3 is 2.45 bits per heavy atom. The lowest BCUT2D eigenvalue weighted by Crippen LogP contribution is -2.44. The van der Waals surface area contributed by atoms with Crippen molar-refractivity contribution in [3.05, 3.63) is 27.8 Å². The summed E-state index contributed by atoms with van der Waals surface area (Å²) in [5, 5.41) is 13.9. The third-order valence-corrected chi connectivity index (χ3v) is 8.78. The molecule has 1 aromatic rings. The Morgan fingerprint density at radius 2 is 1.91 bits per heavy atom. The molecule has 1 amide bonds. The molecular weight excluding hydrogens is 300 g/mol. The van der Waals surface area contributed by atoms with Gasteiger partial charge in [0.25, 0.3) is 14.0 Å². The van der Waals surface area contributed by atoms with Crippen molar-refractivity contribution in [2.45, 2.75) is 51.7 Å². The van der Waals surface area contributed by atoms with Gasteiger partial charge in [0.15, 0.2) is 0 Å². The van der Waals surface area contributed by atoms with Crippen LogP contribution in [-0.4, -0.2) is 19.1 Å². The van der Waals surface area contributed by atoms with Crippen LogP contribution in [0.25, 0.3) is 0 Å². The van der Waals surface area contributed by atoms with Gasteiger partial charge in [0.2, 0.25) is 5.91 Å². The molecule has 0 aromatic heterocycles. The maximum absolute atomic E-state index is 11.7. The van der Waals surface area contributed by atoms with Gasteiger partial charge in [-0.05, 0) is 30.1 Å². The smallest absolute Gasteiger partial charge is 0.273 e. The number of hydrogen-bond donors (Lipinski definition) is 1. The molecule has 1 aromatic carbocycles. The first-order valence-electron chi connectivity index (χ1n) is 7.31. The number of nitrogens with one attached hydrogen (secondary N) is 1. The van der Waals surface area contributed by atoms with Gasteiger partial charge in [-0.2, -0.15) is 0 Å². The topological polar surface area (TPSA) is 81.5 Å². The lowest BCUT2D eigenvalue weighted by Gasteiger charge is -2.37. The summed E-state index contributed by atoms with van der Waals surface area (Å²) in [4.78, 5) is 22.4. The summed E-state index contributed by atoms with van der Waals surface area (Å²) < 4.78 is 6.22. The van der Waals surface area contributed by atoms with Crippen LogP contribution in [0.3, 0.4) is 0 Å². The predicted molar refractivity (Wildman–Crippen MR) is 87.9 cm³/mol. The summed E-state index contributed by atoms with van der Waals surface area (Å²) >= 11 is 0. The van der Waals surface area contributed by atoms with Gasteiger partial charge in [0.05, 0.1) is 16.7 Å². The molecule has 1 aliphatic heterocycles. The number of rotatable bonds is 3. The van der Waals surface area contributed by atoms with Crippen molar-refractivity contribution in [3.8, 4) is 5.75 Å². The molecule has 0 atom stereocenters. The minimum absolute atomic E-state index is 0.00334. The fourth-order valence-electron chi connectivity index (χ4n) is 2.06. The SMILES string of the molecule is CC(C)(C)[Si](C)(C)Oc1cc([N+](=O)[O-])cc2c1NC(=O)CC2. The average molecular weight is 322 g/mol. The van der Waals surface area contributed by atoms with Gasteiger partial charge < -0.3 is 9.74 Å². The number of carbonyl (C=O) groups is 1. The number of amides is 1. The van der Waals surface area contributed by atoms with Crippen molar-refractivity contribution >= 4 is 25.6 Å². The zero-order chi connectivity index (χ0) is 16.7. The quantitative estimate of drug-likeness (QED) is 0.520. The van der Waals surface area contributed by atoms with Crippen molar-refractivity contribution in [2.24, 2.45) is 0 Å². The predicted octanol–water partition coefficient (Wildman–Crippen LogP) is 3.86. The van der Waals surface area contributed by atoms with Crippen LogP contribution in [0.2, 0.25) is 18.1 Å². The molecule has 0 fully saturated rings. The molecule has 0 saturated carbocycles. The highest BCUT2D eigenvalue weighted by Crippen LogP contribution is 2.42. The molecule has 0 saturated heterocycles. The van der Waals surface area contributed by atoms with E-state index in [9.17, 15) is 14.9 Å². The molecule has 0 radical (unpaired) electrons. The summed E-state index contributed by atoms with van der Waals surface area (Å²) in [7, 11) is -2.16. The minimum atomic E-state index is -2.16. The van der Waals surface area contributed by atoms with E-state index in [0.29, 0.717) is 24.3 Å². The van der Waals surface area contributed by atoms with Gasteiger partial charge in [-0.15, -0.1) is 0 Å². The highest BCUT2D eigenvalue weighted by molar-refractivity contribution is 6.74. The van der Waals surface area contributed by atoms with Crippen LogP contribution >= 0.6 is 0 Å². The largest absolute Gasteiger partial charge is 0.542 e. The number of carbonyl (C=O) groups excluding carboxylic acids is 1. The van der Waals surface area contributed by atoms with Crippen LogP contribution < -0.4 is 9.74 Å². The fraction of sp³-hybridized carbons (Fsp3) is 0.533. The van der Waals surface area contributed by atoms with Crippen LogP contribution in [0, 0.1) is 10.1 Å². The van der Waals surface area contributed by atoms with Crippen molar-refractivity contribution < 1.29 is 14.1 Å². The maximum atomic E-state index is 11.7. The number of aryl methyl sites for hydroxylation is 1. The van der Waals surface area contributed by atoms with Crippen LogP contribution in [0.1, 0.15) is 32.8 Å². The van der Waals surface area contributed by atoms with Crippen molar-refractivity contribution in [1.29, 1.82) is 0 Å². The molecule has 0 aliphatic carbocycles. The Labute approximate surface area is 131 Å². The summed E-state index contributed by atoms with van der Waals surface area (Å²) in [6.45, 7) is 10.4. The highest BCUT2D eigenvalue weighted by Gasteiger charge is 2.40. The Balaban J connectivity index is 2.51. The van der Waals surface area contributed by atoms with Gasteiger partial charge in [-0.3, -0.25) is 14.9 Å². The van der Waals surface area contributed by atoms with Gasteiger partial charge >= 0.3 is 0 Å². The zero-order valence-corrected chi connectivity index (χ0v) is 14.6. The summed E-state index contributed by atoms with van der Waals surface area (Å²) in [5.74, 6) is 0.338. The monoisotopic (exact) mass is 322 g/mol. The summed E-state index contributed by atoms with van der Waals surface area (Å²) in [5.41, 5.74) is 1.36. The van der Waals surface area contributed by atoms with E-state index in [1.54, 1.807) is 0 Å². The lowest BCUT2D eigenvalue weighted by atomic mass is 10.0. The van der Waals surface area contributed by atoms with Gasteiger partial charge in [0, 0.05) is 12.5 Å². The Kier molecular flexibility index (Phi) is 4.03. The number of fused-ring (bicyclic) bond motifs is 1. The second-order valence-electron chi connectivity index (χ2n) is 7.15. The highest BCUT2D eigenvalue weighted by atomic mass is 28.4. The number of nitro groups is 1. The molecule has 2 rings (SSSR count). The summed E-state index contributed by atoms with van der Waals surface area (Å²) in [6, 6.07) is 2.94. The number of anilines is 1. The van der Waals surface area contributed by atoms with E-state index in [1.165, 1.54) is 12.1 Å². The first-order valence-corrected chi connectivity index (χ1v) is 10.2. The van der Waals surface area contributed by atoms with Crippen molar-refractivity contribution in [3.63, 3.8) is 0 Å². The Hall–Kier alpha value is -1.89. The molecule has 6 nitrogen and oxygen atoms in total. The fourth-order valence-corrected chi connectivity index (χ4v) is 3.08.